The number of halogens is 1. The van der Waals surface area contributed by atoms with Crippen LogP contribution in [0, 0.1) is 0 Å². The van der Waals surface area contributed by atoms with Gasteiger partial charge < -0.3 is 14.9 Å². The summed E-state index contributed by atoms with van der Waals surface area (Å²) in [7, 11) is 5.65. The molecule has 12 aromatic heterocycles. The minimum absolute atomic E-state index is 0.0387. The number of aryl methyl sites for hydroxylation is 3. The van der Waals surface area contributed by atoms with Crippen LogP contribution in [0.4, 0.5) is 0 Å². The topological polar surface area (TPSA) is 310 Å². The number of aliphatic hydroxyl groups is 1. The van der Waals surface area contributed by atoms with Gasteiger partial charge in [0, 0.05) is 159 Å². The molecule has 28 heteroatoms. The van der Waals surface area contributed by atoms with Gasteiger partial charge in [-0.25, -0.2) is 44.9 Å². The van der Waals surface area contributed by atoms with Crippen LogP contribution in [0.15, 0.2) is 189 Å². The van der Waals surface area contributed by atoms with Gasteiger partial charge in [0.15, 0.2) is 29.0 Å². The van der Waals surface area contributed by atoms with Crippen LogP contribution >= 0.6 is 15.9 Å². The fourth-order valence-electron chi connectivity index (χ4n) is 9.67. The average molecular weight is 1260 g/mol. The van der Waals surface area contributed by atoms with Gasteiger partial charge in [0.1, 0.15) is 24.1 Å². The van der Waals surface area contributed by atoms with Crippen molar-refractivity contribution in [3.8, 4) is 79.0 Å². The summed E-state index contributed by atoms with van der Waals surface area (Å²) in [5.41, 5.74) is 11.7. The Hall–Kier alpha value is -11.8. The molecule has 0 aliphatic heterocycles. The maximum Gasteiger partial charge on any atom is 0.254 e. The third-order valence-electron chi connectivity index (χ3n) is 14.0. The van der Waals surface area contributed by atoms with E-state index in [0.717, 1.165) is 88.7 Å². The van der Waals surface area contributed by atoms with E-state index in [4.69, 9.17) is 9.84 Å². The van der Waals surface area contributed by atoms with E-state index in [9.17, 15) is 5.11 Å². The van der Waals surface area contributed by atoms with Crippen molar-refractivity contribution in [1.82, 2.24) is 118 Å². The number of benzene rings is 3. The van der Waals surface area contributed by atoms with Crippen molar-refractivity contribution >= 4 is 33.3 Å². The lowest BCUT2D eigenvalue weighted by Crippen LogP contribution is -2.02. The van der Waals surface area contributed by atoms with E-state index < -0.39 is 0 Å². The molecule has 0 radical (unpaired) electrons. The summed E-state index contributed by atoms with van der Waals surface area (Å²) in [5.74, 6) is 6.42. The second-order valence-electron chi connectivity index (χ2n) is 20.5. The van der Waals surface area contributed by atoms with Crippen LogP contribution in [0.5, 0.6) is 11.5 Å². The van der Waals surface area contributed by atoms with E-state index in [0.29, 0.717) is 59.8 Å². The van der Waals surface area contributed by atoms with Gasteiger partial charge in [0.2, 0.25) is 0 Å². The molecule has 15 aromatic rings. The highest BCUT2D eigenvalue weighted by molar-refractivity contribution is 9.10. The molecule has 0 amide bonds. The lowest BCUT2D eigenvalue weighted by molar-refractivity contribution is 0.200. The number of aromatic nitrogens is 24. The zero-order chi connectivity index (χ0) is 61.5. The predicted molar refractivity (Wildman–Crippen MR) is 332 cm³/mol. The molecular formula is C62H51BrN24O3. The molecule has 2 N–H and O–H groups in total. The SMILES string of the molecule is Cn1cc(-c2cnc3nnc(Cc4cccc(-c5ncc(Br)cn5)c4)n3c2)cn1.Cn1cc(-c2cnc3nnc(Cc4cccc(-c5ncc(O)cn5)c4)n3c2)cn1.Cn1cc(-c2cnc3nnc(Cc4cccc(-c5ncc(OCCO)cn5)c4)n3c2)cn1. The number of nitrogens with zero attached hydrogens (tertiary/aromatic N) is 24. The zero-order valence-corrected chi connectivity index (χ0v) is 49.9. The van der Waals surface area contributed by atoms with E-state index in [-0.39, 0.29) is 19.0 Å². The molecule has 444 valence electrons. The number of aliphatic hydroxyl groups excluding tert-OH is 1. The lowest BCUT2D eigenvalue weighted by atomic mass is 10.1. The van der Waals surface area contributed by atoms with Crippen molar-refractivity contribution in [2.45, 2.75) is 19.3 Å². The first-order valence-electron chi connectivity index (χ1n) is 27.9. The summed E-state index contributed by atoms with van der Waals surface area (Å²) >= 11 is 3.37. The fraction of sp³-hybridized carbons (Fsp3) is 0.129. The molecule has 15 rings (SSSR count). The first-order valence-corrected chi connectivity index (χ1v) is 28.7. The molecule has 0 atom stereocenters. The van der Waals surface area contributed by atoms with E-state index in [1.807, 2.05) is 138 Å². The second-order valence-corrected chi connectivity index (χ2v) is 21.4. The van der Waals surface area contributed by atoms with Gasteiger partial charge >= 0.3 is 0 Å². The molecule has 0 unspecified atom stereocenters. The Balaban J connectivity index is 0.000000124. The normalized spacial score (nSPS) is 11.2. The average Bonchev–Trinajstić information content (AvgIpc) is 1.89. The lowest BCUT2D eigenvalue weighted by Gasteiger charge is -2.06. The van der Waals surface area contributed by atoms with Crippen molar-refractivity contribution < 1.29 is 14.9 Å². The molecule has 27 nitrogen and oxygen atoms in total. The number of hydrogen-bond acceptors (Lipinski definition) is 21. The predicted octanol–water partition coefficient (Wildman–Crippen LogP) is 7.56. The number of aromatic hydroxyl groups is 1. The van der Waals surface area contributed by atoms with Gasteiger partial charge in [-0.3, -0.25) is 27.2 Å². The quantitative estimate of drug-likeness (QED) is 0.1000. The second kappa shape index (κ2) is 25.7. The van der Waals surface area contributed by atoms with Gasteiger partial charge in [-0.1, -0.05) is 54.6 Å². The Kier molecular flexibility index (Phi) is 16.3. The molecule has 12 heterocycles. The van der Waals surface area contributed by atoms with Crippen LogP contribution in [0.3, 0.4) is 0 Å². The van der Waals surface area contributed by atoms with Crippen molar-refractivity contribution in [3.63, 3.8) is 0 Å². The summed E-state index contributed by atoms with van der Waals surface area (Å²) in [6.45, 7) is 0.155. The molecule has 0 bridgehead atoms. The number of rotatable bonds is 15. The highest BCUT2D eigenvalue weighted by atomic mass is 79.9. The molecule has 0 fully saturated rings. The molecule has 0 saturated heterocycles. The summed E-state index contributed by atoms with van der Waals surface area (Å²) < 4.78 is 17.2. The van der Waals surface area contributed by atoms with Crippen LogP contribution < -0.4 is 4.74 Å². The maximum atomic E-state index is 9.38. The van der Waals surface area contributed by atoms with Crippen molar-refractivity contribution in [2.75, 3.05) is 13.2 Å². The smallest absolute Gasteiger partial charge is 0.254 e. The molecule has 3 aromatic carbocycles. The standard InChI is InChI=1S/C22H20N8O2.C20H15BrN8.C20H16N8O/c1-29-13-18(10-26-29)17-9-25-22-28-27-20(30(22)14-17)8-15-3-2-4-16(7-15)21-23-11-19(12-24-21)32-6-5-31;1-28-11-16(8-25-28)15-7-24-20-27-26-18(29(20)12-15)6-13-3-2-4-14(5-13)19-22-9-17(21)10-23-19;1-27-11-16(8-24-27)15-7-23-20-26-25-18(28(20)12-15)6-13-3-2-4-14(5-13)19-21-9-17(29)10-22-19/h2-4,7,9-14,31H,5-6,8H2,1H3;2-5,7-12H,6H2,1H3;2-5,7-12,29H,6H2,1H3. The maximum absolute atomic E-state index is 9.38. The van der Waals surface area contributed by atoms with Crippen LogP contribution in [-0.4, -0.2) is 141 Å². The van der Waals surface area contributed by atoms with Crippen LogP contribution in [0.1, 0.15) is 34.2 Å². The van der Waals surface area contributed by atoms with Crippen molar-refractivity contribution in [1.29, 1.82) is 0 Å². The largest absolute Gasteiger partial charge is 0.505 e. The zero-order valence-electron chi connectivity index (χ0n) is 48.3. The van der Waals surface area contributed by atoms with E-state index in [1.165, 1.54) is 12.4 Å². The van der Waals surface area contributed by atoms with Crippen LogP contribution in [0.2, 0.25) is 0 Å². The van der Waals surface area contributed by atoms with Crippen LogP contribution in [0.25, 0.3) is 84.9 Å². The molecule has 0 spiro atoms. The molecule has 0 aliphatic rings. The molecule has 90 heavy (non-hydrogen) atoms. The first-order chi connectivity index (χ1) is 44.0. The Labute approximate surface area is 519 Å². The minimum atomic E-state index is -0.0552. The summed E-state index contributed by atoms with van der Waals surface area (Å²) in [4.78, 5) is 39.1. The van der Waals surface area contributed by atoms with Gasteiger partial charge in [-0.05, 0) is 50.8 Å². The van der Waals surface area contributed by atoms with Gasteiger partial charge in [-0.2, -0.15) is 15.3 Å². The summed E-state index contributed by atoms with van der Waals surface area (Å²) in [5, 5.41) is 56.4. The highest BCUT2D eigenvalue weighted by Gasteiger charge is 2.16. The Morgan fingerprint density at radius 2 is 0.733 bits per heavy atom. The van der Waals surface area contributed by atoms with Crippen LogP contribution in [-0.2, 0) is 40.4 Å². The Morgan fingerprint density at radius 1 is 0.389 bits per heavy atom. The Morgan fingerprint density at radius 3 is 1.08 bits per heavy atom. The van der Waals surface area contributed by atoms with Gasteiger partial charge in [0.25, 0.3) is 17.3 Å². The first kappa shape index (κ1) is 57.3. The number of ether oxygens (including phenoxy) is 1. The number of hydrogen-bond donors (Lipinski definition) is 2. The van der Waals surface area contributed by atoms with E-state index >= 15 is 0 Å². The van der Waals surface area contributed by atoms with Gasteiger partial charge in [0.05, 0.1) is 54.5 Å². The van der Waals surface area contributed by atoms with E-state index in [1.54, 1.807) is 69.8 Å². The number of fused-ring (bicyclic) bond motifs is 3. The monoisotopic (exact) mass is 1260 g/mol. The molecule has 0 saturated carbocycles. The minimum Gasteiger partial charge on any atom is -0.505 e. The van der Waals surface area contributed by atoms with E-state index in [2.05, 4.69) is 119 Å². The Bertz CT molecular complexity index is 4760. The third-order valence-corrected chi connectivity index (χ3v) is 14.4. The fourth-order valence-corrected chi connectivity index (χ4v) is 9.87. The van der Waals surface area contributed by atoms with Gasteiger partial charge in [-0.15, -0.1) is 30.6 Å². The summed E-state index contributed by atoms with van der Waals surface area (Å²) in [6.07, 6.45) is 33.7. The molecule has 0 aliphatic carbocycles. The third kappa shape index (κ3) is 13.1. The van der Waals surface area contributed by atoms with Crippen molar-refractivity contribution in [3.05, 3.63) is 223 Å². The molecular weight excluding hydrogens is 1210 g/mol. The summed E-state index contributed by atoms with van der Waals surface area (Å²) in [6, 6.07) is 24.0. The van der Waals surface area contributed by atoms with Crippen molar-refractivity contribution in [2.24, 2.45) is 21.1 Å². The highest BCUT2D eigenvalue weighted by Crippen LogP contribution is 2.26.